The summed E-state index contributed by atoms with van der Waals surface area (Å²) in [6.07, 6.45) is 1.67. The Morgan fingerprint density at radius 2 is 2.09 bits per heavy atom. The fourth-order valence-electron chi connectivity index (χ4n) is 3.76. The number of nitrogens with zero attached hydrogens (tertiary/aromatic N) is 3. The molecule has 4 rings (SSSR count). The number of carbonyl (C=O) groups excluding carboxylic acids is 2. The number of piperidine rings is 1. The molecule has 1 atom stereocenters. The molecule has 0 aliphatic carbocycles. The van der Waals surface area contributed by atoms with Gasteiger partial charge in [-0.1, -0.05) is 35.0 Å². The van der Waals surface area contributed by atoms with E-state index in [0.29, 0.717) is 46.6 Å². The van der Waals surface area contributed by atoms with Crippen LogP contribution in [-0.2, 0) is 16.1 Å². The van der Waals surface area contributed by atoms with Gasteiger partial charge in [-0.05, 0) is 49.7 Å². The van der Waals surface area contributed by atoms with Crippen LogP contribution in [0.5, 0.6) is 0 Å². The summed E-state index contributed by atoms with van der Waals surface area (Å²) < 4.78 is 10.1. The molecule has 1 N–H and O–H groups in total. The van der Waals surface area contributed by atoms with Crippen molar-refractivity contribution in [1.29, 1.82) is 0 Å². The molecule has 3 aromatic rings. The molecule has 1 unspecified atom stereocenters. The smallest absolute Gasteiger partial charge is 0.337 e. The first-order valence-electron chi connectivity index (χ1n) is 10.3. The van der Waals surface area contributed by atoms with E-state index in [2.05, 4.69) is 20.4 Å². The molecule has 1 saturated heterocycles. The number of rotatable bonds is 6. The van der Waals surface area contributed by atoms with E-state index in [1.165, 1.54) is 7.11 Å². The summed E-state index contributed by atoms with van der Waals surface area (Å²) >= 11 is 6.21. The Kier molecular flexibility index (Phi) is 6.82. The second-order valence-corrected chi connectivity index (χ2v) is 8.03. The van der Waals surface area contributed by atoms with Crippen molar-refractivity contribution < 1.29 is 18.8 Å². The van der Waals surface area contributed by atoms with Gasteiger partial charge in [-0.3, -0.25) is 9.69 Å². The zero-order valence-corrected chi connectivity index (χ0v) is 18.3. The zero-order chi connectivity index (χ0) is 22.5. The molecule has 0 saturated carbocycles. The Labute approximate surface area is 190 Å². The quantitative estimate of drug-likeness (QED) is 0.561. The van der Waals surface area contributed by atoms with Gasteiger partial charge >= 0.3 is 5.97 Å². The highest BCUT2D eigenvalue weighted by Gasteiger charge is 2.27. The monoisotopic (exact) mass is 454 g/mol. The van der Waals surface area contributed by atoms with E-state index in [4.69, 9.17) is 20.9 Å². The number of carbonyl (C=O) groups is 2. The van der Waals surface area contributed by atoms with Crippen LogP contribution in [0, 0.1) is 5.92 Å². The molecule has 1 fully saturated rings. The molecule has 9 heteroatoms. The highest BCUT2D eigenvalue weighted by Crippen LogP contribution is 2.26. The standard InChI is InChI=1S/C23H23ClN4O4/c1-31-23(30)15-6-4-8-17(12-15)25-22(29)16-7-5-11-28(13-16)14-20-26-21(27-32-20)18-9-2-3-10-19(18)24/h2-4,6,8-10,12,16H,5,7,11,13-14H2,1H3,(H,25,29). The van der Waals surface area contributed by atoms with E-state index in [-0.39, 0.29) is 11.8 Å². The third-order valence-corrected chi connectivity index (χ3v) is 5.70. The lowest BCUT2D eigenvalue weighted by atomic mass is 9.97. The second kappa shape index (κ2) is 9.93. The lowest BCUT2D eigenvalue weighted by Gasteiger charge is -2.30. The van der Waals surface area contributed by atoms with E-state index in [1.807, 2.05) is 18.2 Å². The van der Waals surface area contributed by atoms with Gasteiger partial charge < -0.3 is 14.6 Å². The van der Waals surface area contributed by atoms with Crippen molar-refractivity contribution in [2.45, 2.75) is 19.4 Å². The molecule has 0 bridgehead atoms. The third kappa shape index (κ3) is 5.15. The van der Waals surface area contributed by atoms with Gasteiger partial charge in [0.1, 0.15) is 0 Å². The van der Waals surface area contributed by atoms with Crippen LogP contribution in [0.3, 0.4) is 0 Å². The molecule has 2 heterocycles. The maximum atomic E-state index is 12.8. The molecule has 0 radical (unpaired) electrons. The summed E-state index contributed by atoms with van der Waals surface area (Å²) in [4.78, 5) is 31.1. The molecular weight excluding hydrogens is 432 g/mol. The maximum Gasteiger partial charge on any atom is 0.337 e. The predicted octanol–water partition coefficient (Wildman–Crippen LogP) is 4.03. The van der Waals surface area contributed by atoms with Gasteiger partial charge in [0, 0.05) is 17.8 Å². The van der Waals surface area contributed by atoms with Gasteiger partial charge in [0.05, 0.1) is 30.2 Å². The molecule has 2 aromatic carbocycles. The highest BCUT2D eigenvalue weighted by molar-refractivity contribution is 6.33. The predicted molar refractivity (Wildman–Crippen MR) is 119 cm³/mol. The van der Waals surface area contributed by atoms with Crippen LogP contribution < -0.4 is 5.32 Å². The van der Waals surface area contributed by atoms with Crippen LogP contribution in [0.25, 0.3) is 11.4 Å². The van der Waals surface area contributed by atoms with Crippen LogP contribution in [0.15, 0.2) is 53.1 Å². The van der Waals surface area contributed by atoms with Crippen LogP contribution in [-0.4, -0.2) is 47.1 Å². The van der Waals surface area contributed by atoms with E-state index in [9.17, 15) is 9.59 Å². The van der Waals surface area contributed by atoms with Crippen molar-refractivity contribution >= 4 is 29.2 Å². The first-order valence-corrected chi connectivity index (χ1v) is 10.7. The number of hydrogen-bond donors (Lipinski definition) is 1. The summed E-state index contributed by atoms with van der Waals surface area (Å²) in [5.74, 6) is 0.213. The molecule has 1 aliphatic heterocycles. The zero-order valence-electron chi connectivity index (χ0n) is 17.6. The van der Waals surface area contributed by atoms with E-state index < -0.39 is 5.97 Å². The summed E-state index contributed by atoms with van der Waals surface area (Å²) in [6, 6.07) is 14.0. The molecule has 1 aromatic heterocycles. The fourth-order valence-corrected chi connectivity index (χ4v) is 3.98. The SMILES string of the molecule is COC(=O)c1cccc(NC(=O)C2CCCN(Cc3nc(-c4ccccc4Cl)no3)C2)c1. The molecule has 0 spiro atoms. The fraction of sp³-hybridized carbons (Fsp3) is 0.304. The van der Waals surface area contributed by atoms with Gasteiger partial charge in [-0.2, -0.15) is 4.98 Å². The minimum absolute atomic E-state index is 0.0843. The van der Waals surface area contributed by atoms with Gasteiger partial charge in [0.2, 0.25) is 17.6 Å². The van der Waals surface area contributed by atoms with Crippen molar-refractivity contribution in [2.75, 3.05) is 25.5 Å². The summed E-state index contributed by atoms with van der Waals surface area (Å²) in [7, 11) is 1.32. The Bertz CT molecular complexity index is 1120. The van der Waals surface area contributed by atoms with Gasteiger partial charge in [-0.15, -0.1) is 0 Å². The number of halogens is 1. The van der Waals surface area contributed by atoms with Gasteiger partial charge in [-0.25, -0.2) is 4.79 Å². The number of amides is 1. The van der Waals surface area contributed by atoms with Crippen molar-refractivity contribution in [2.24, 2.45) is 5.92 Å². The lowest BCUT2D eigenvalue weighted by molar-refractivity contribution is -0.121. The average molecular weight is 455 g/mol. The second-order valence-electron chi connectivity index (χ2n) is 7.63. The van der Waals surface area contributed by atoms with Crippen molar-refractivity contribution in [3.05, 3.63) is 65.0 Å². The van der Waals surface area contributed by atoms with Crippen LogP contribution >= 0.6 is 11.6 Å². The Morgan fingerprint density at radius 3 is 2.91 bits per heavy atom. The number of ether oxygens (including phenoxy) is 1. The topological polar surface area (TPSA) is 97.6 Å². The number of methoxy groups -OCH3 is 1. The molecule has 166 valence electrons. The lowest BCUT2D eigenvalue weighted by Crippen LogP contribution is -2.40. The molecule has 8 nitrogen and oxygen atoms in total. The van der Waals surface area contributed by atoms with Crippen molar-refractivity contribution in [3.8, 4) is 11.4 Å². The number of likely N-dealkylation sites (tertiary alicyclic amines) is 1. The summed E-state index contributed by atoms with van der Waals surface area (Å²) in [6.45, 7) is 1.87. The number of hydrogen-bond acceptors (Lipinski definition) is 7. The number of esters is 1. The number of benzene rings is 2. The Balaban J connectivity index is 1.37. The Morgan fingerprint density at radius 1 is 1.25 bits per heavy atom. The third-order valence-electron chi connectivity index (χ3n) is 5.37. The number of nitrogens with one attached hydrogen (secondary N) is 1. The van der Waals surface area contributed by atoms with Crippen LogP contribution in [0.2, 0.25) is 5.02 Å². The van der Waals surface area contributed by atoms with Crippen molar-refractivity contribution in [3.63, 3.8) is 0 Å². The van der Waals surface area contributed by atoms with Gasteiger partial charge in [0.15, 0.2) is 0 Å². The minimum Gasteiger partial charge on any atom is -0.465 e. The number of aromatic nitrogens is 2. The molecule has 1 aliphatic rings. The normalized spacial score (nSPS) is 16.5. The van der Waals surface area contributed by atoms with Crippen LogP contribution in [0.4, 0.5) is 5.69 Å². The van der Waals surface area contributed by atoms with E-state index in [1.54, 1.807) is 30.3 Å². The first kappa shape index (κ1) is 22.0. The highest BCUT2D eigenvalue weighted by atomic mass is 35.5. The molecule has 32 heavy (non-hydrogen) atoms. The minimum atomic E-state index is -0.444. The largest absolute Gasteiger partial charge is 0.465 e. The molecule has 1 amide bonds. The van der Waals surface area contributed by atoms with Gasteiger partial charge in [0.25, 0.3) is 0 Å². The first-order chi connectivity index (χ1) is 15.5. The average Bonchev–Trinajstić information content (AvgIpc) is 3.27. The van der Waals surface area contributed by atoms with Crippen molar-refractivity contribution in [1.82, 2.24) is 15.0 Å². The van der Waals surface area contributed by atoms with Crippen LogP contribution in [0.1, 0.15) is 29.1 Å². The summed E-state index contributed by atoms with van der Waals surface area (Å²) in [5, 5.41) is 7.51. The Hall–Kier alpha value is -3.23. The maximum absolute atomic E-state index is 12.8. The van der Waals surface area contributed by atoms with E-state index >= 15 is 0 Å². The molecular formula is C23H23ClN4O4. The number of anilines is 1. The summed E-state index contributed by atoms with van der Waals surface area (Å²) in [5.41, 5.74) is 1.67. The van der Waals surface area contributed by atoms with E-state index in [0.717, 1.165) is 19.4 Å².